The summed E-state index contributed by atoms with van der Waals surface area (Å²) in [5.41, 5.74) is 2.97. The van der Waals surface area contributed by atoms with Gasteiger partial charge >= 0.3 is 0 Å². The maximum Gasteiger partial charge on any atom is -0.0114 e. The zero-order valence-corrected chi connectivity index (χ0v) is 11.0. The molecule has 0 heterocycles. The van der Waals surface area contributed by atoms with Crippen molar-refractivity contribution in [2.45, 2.75) is 26.7 Å². The van der Waals surface area contributed by atoms with Crippen LogP contribution in [-0.2, 0) is 12.8 Å². The lowest BCUT2D eigenvalue weighted by Gasteiger charge is -2.13. The van der Waals surface area contributed by atoms with Gasteiger partial charge in [0.2, 0.25) is 0 Å². The van der Waals surface area contributed by atoms with Crippen LogP contribution in [0.1, 0.15) is 25.0 Å². The first-order valence-corrected chi connectivity index (χ1v) is 6.77. The van der Waals surface area contributed by atoms with Crippen LogP contribution in [0, 0.1) is 0 Å². The number of fused-ring (bicyclic) bond motifs is 2. The van der Waals surface area contributed by atoms with Crippen molar-refractivity contribution in [3.8, 4) is 0 Å². The number of rotatable bonds is 2. The molecule has 0 aliphatic rings. The van der Waals surface area contributed by atoms with E-state index in [1.54, 1.807) is 0 Å². The van der Waals surface area contributed by atoms with Crippen LogP contribution in [0.4, 0.5) is 0 Å². The highest BCUT2D eigenvalue weighted by molar-refractivity contribution is 6.03. The zero-order valence-electron chi connectivity index (χ0n) is 11.0. The average Bonchev–Trinajstić information content (AvgIpc) is 2.44. The van der Waals surface area contributed by atoms with Gasteiger partial charge in [0, 0.05) is 0 Å². The second kappa shape index (κ2) is 4.45. The molecule has 0 aromatic heterocycles. The predicted molar refractivity (Wildman–Crippen MR) is 80.2 cm³/mol. The second-order valence-electron chi connectivity index (χ2n) is 4.80. The molecule has 0 nitrogen and oxygen atoms in total. The molecule has 3 rings (SSSR count). The lowest BCUT2D eigenvalue weighted by atomic mass is 9.91. The van der Waals surface area contributed by atoms with Gasteiger partial charge in [-0.05, 0) is 51.6 Å². The van der Waals surface area contributed by atoms with E-state index in [0.29, 0.717) is 0 Å². The van der Waals surface area contributed by atoms with Crippen LogP contribution in [0.2, 0.25) is 0 Å². The van der Waals surface area contributed by atoms with E-state index in [2.05, 4.69) is 62.4 Å². The third-order valence-electron chi connectivity index (χ3n) is 3.82. The van der Waals surface area contributed by atoms with E-state index in [-0.39, 0.29) is 0 Å². The molecule has 0 aliphatic carbocycles. The van der Waals surface area contributed by atoms with Crippen LogP contribution in [0.25, 0.3) is 21.5 Å². The van der Waals surface area contributed by atoms with Gasteiger partial charge in [-0.2, -0.15) is 0 Å². The molecule has 90 valence electrons. The monoisotopic (exact) mass is 234 g/mol. The molecule has 0 aliphatic heterocycles. The van der Waals surface area contributed by atoms with Gasteiger partial charge in [0.05, 0.1) is 0 Å². The summed E-state index contributed by atoms with van der Waals surface area (Å²) in [7, 11) is 0. The fourth-order valence-corrected chi connectivity index (χ4v) is 2.97. The molecule has 0 saturated carbocycles. The fourth-order valence-electron chi connectivity index (χ4n) is 2.97. The topological polar surface area (TPSA) is 0 Å². The summed E-state index contributed by atoms with van der Waals surface area (Å²) in [6.07, 6.45) is 2.19. The van der Waals surface area contributed by atoms with Crippen molar-refractivity contribution >= 4 is 21.5 Å². The Balaban J connectivity index is 2.55. The molecular weight excluding hydrogens is 216 g/mol. The van der Waals surface area contributed by atoms with Crippen LogP contribution in [0.5, 0.6) is 0 Å². The molecule has 0 N–H and O–H groups in total. The van der Waals surface area contributed by atoms with Gasteiger partial charge < -0.3 is 0 Å². The van der Waals surface area contributed by atoms with Crippen molar-refractivity contribution < 1.29 is 0 Å². The van der Waals surface area contributed by atoms with Crippen LogP contribution >= 0.6 is 0 Å². The third kappa shape index (κ3) is 1.60. The van der Waals surface area contributed by atoms with E-state index < -0.39 is 0 Å². The maximum atomic E-state index is 2.32. The van der Waals surface area contributed by atoms with Gasteiger partial charge in [0.1, 0.15) is 0 Å². The maximum absolute atomic E-state index is 2.32. The van der Waals surface area contributed by atoms with Crippen LogP contribution in [-0.4, -0.2) is 0 Å². The standard InChI is InChI=1S/C18H18/c1-3-13-9-7-10-15-12-14-8-5-6-11-17(14)16(4-2)18(13)15/h5-12H,3-4H2,1-2H3. The van der Waals surface area contributed by atoms with Crippen molar-refractivity contribution in [1.29, 1.82) is 0 Å². The molecular formula is C18H18. The van der Waals surface area contributed by atoms with Gasteiger partial charge in [-0.15, -0.1) is 0 Å². The number of aryl methyl sites for hydroxylation is 2. The summed E-state index contributed by atoms with van der Waals surface area (Å²) < 4.78 is 0. The Morgan fingerprint density at radius 3 is 2.33 bits per heavy atom. The Hall–Kier alpha value is -1.82. The Bertz CT molecular complexity index is 708. The Labute approximate surface area is 108 Å². The molecule has 3 aromatic rings. The van der Waals surface area contributed by atoms with Crippen molar-refractivity contribution in [1.82, 2.24) is 0 Å². The summed E-state index contributed by atoms with van der Waals surface area (Å²) in [5.74, 6) is 0. The van der Waals surface area contributed by atoms with Crippen molar-refractivity contribution in [2.24, 2.45) is 0 Å². The summed E-state index contributed by atoms with van der Waals surface area (Å²) in [6.45, 7) is 4.50. The minimum Gasteiger partial charge on any atom is -0.0616 e. The molecule has 0 heteroatoms. The van der Waals surface area contributed by atoms with Crippen molar-refractivity contribution in [3.05, 3.63) is 59.7 Å². The number of hydrogen-bond donors (Lipinski definition) is 0. The SMILES string of the molecule is CCc1cccc2cc3ccccc3c(CC)c12. The van der Waals surface area contributed by atoms with E-state index in [1.165, 1.54) is 32.7 Å². The quantitative estimate of drug-likeness (QED) is 0.540. The largest absolute Gasteiger partial charge is 0.0616 e. The molecule has 18 heavy (non-hydrogen) atoms. The van der Waals surface area contributed by atoms with Gasteiger partial charge in [-0.3, -0.25) is 0 Å². The average molecular weight is 234 g/mol. The number of hydrogen-bond acceptors (Lipinski definition) is 0. The third-order valence-corrected chi connectivity index (χ3v) is 3.82. The molecule has 0 spiro atoms. The minimum atomic E-state index is 1.09. The highest BCUT2D eigenvalue weighted by Crippen LogP contribution is 2.31. The van der Waals surface area contributed by atoms with Crippen molar-refractivity contribution in [3.63, 3.8) is 0 Å². The van der Waals surface area contributed by atoms with E-state index >= 15 is 0 Å². The summed E-state index contributed by atoms with van der Waals surface area (Å²) in [4.78, 5) is 0. The van der Waals surface area contributed by atoms with Gasteiger partial charge in [0.25, 0.3) is 0 Å². The molecule has 0 fully saturated rings. The Kier molecular flexibility index (Phi) is 2.79. The first kappa shape index (κ1) is 11.3. The molecule has 0 amide bonds. The number of benzene rings is 3. The normalized spacial score (nSPS) is 11.2. The first-order valence-electron chi connectivity index (χ1n) is 6.77. The Morgan fingerprint density at radius 1 is 0.778 bits per heavy atom. The molecule has 0 bridgehead atoms. The zero-order chi connectivity index (χ0) is 12.5. The first-order chi connectivity index (χ1) is 8.85. The smallest absolute Gasteiger partial charge is 0.0114 e. The summed E-state index contributed by atoms with van der Waals surface area (Å²) >= 11 is 0. The van der Waals surface area contributed by atoms with E-state index in [0.717, 1.165) is 12.8 Å². The minimum absolute atomic E-state index is 1.09. The van der Waals surface area contributed by atoms with Gasteiger partial charge in [-0.1, -0.05) is 56.3 Å². The second-order valence-corrected chi connectivity index (χ2v) is 4.80. The van der Waals surface area contributed by atoms with Gasteiger partial charge in [-0.25, -0.2) is 0 Å². The molecule has 0 unspecified atom stereocenters. The highest BCUT2D eigenvalue weighted by atomic mass is 14.1. The van der Waals surface area contributed by atoms with Crippen LogP contribution in [0.15, 0.2) is 48.5 Å². The predicted octanol–water partition coefficient (Wildman–Crippen LogP) is 5.12. The van der Waals surface area contributed by atoms with E-state index in [1.807, 2.05) is 0 Å². The molecule has 0 radical (unpaired) electrons. The molecule has 0 atom stereocenters. The van der Waals surface area contributed by atoms with Crippen LogP contribution in [0.3, 0.4) is 0 Å². The lowest BCUT2D eigenvalue weighted by molar-refractivity contribution is 1.13. The van der Waals surface area contributed by atoms with Gasteiger partial charge in [0.15, 0.2) is 0 Å². The molecule has 3 aromatic carbocycles. The summed E-state index contributed by atoms with van der Waals surface area (Å²) in [5, 5.41) is 5.62. The van der Waals surface area contributed by atoms with Crippen LogP contribution < -0.4 is 0 Å². The lowest BCUT2D eigenvalue weighted by Crippen LogP contribution is -1.92. The highest BCUT2D eigenvalue weighted by Gasteiger charge is 2.08. The Morgan fingerprint density at radius 2 is 1.56 bits per heavy atom. The van der Waals surface area contributed by atoms with E-state index in [9.17, 15) is 0 Å². The summed E-state index contributed by atoms with van der Waals surface area (Å²) in [6, 6.07) is 17.7. The molecule has 0 saturated heterocycles. The van der Waals surface area contributed by atoms with Crippen molar-refractivity contribution in [2.75, 3.05) is 0 Å². The fraction of sp³-hybridized carbons (Fsp3) is 0.222. The van der Waals surface area contributed by atoms with E-state index in [4.69, 9.17) is 0 Å².